The maximum absolute atomic E-state index is 11.0. The molecule has 0 unspecified atom stereocenters. The Bertz CT molecular complexity index is 2760. The zero-order valence-electron chi connectivity index (χ0n) is 41.7. The molecule has 0 atom stereocenters. The van der Waals surface area contributed by atoms with Crippen LogP contribution in [0.25, 0.3) is 0 Å². The van der Waals surface area contributed by atoms with E-state index in [-0.39, 0.29) is 27.5 Å². The van der Waals surface area contributed by atoms with Gasteiger partial charge in [0.25, 0.3) is 0 Å². The van der Waals surface area contributed by atoms with E-state index in [1.54, 1.807) is 48.5 Å². The van der Waals surface area contributed by atoms with Crippen LogP contribution in [0.3, 0.4) is 0 Å². The monoisotopic (exact) mass is 925 g/mol. The van der Waals surface area contributed by atoms with Gasteiger partial charge in [0, 0.05) is 22.3 Å². The minimum absolute atomic E-state index is 0.0581. The van der Waals surface area contributed by atoms with E-state index < -0.39 is 21.7 Å². The number of hydrogen-bond donors (Lipinski definition) is 0. The molecule has 5 aromatic rings. The Morgan fingerprint density at radius 2 is 0.636 bits per heavy atom. The first-order chi connectivity index (χ1) is 30.4. The lowest BCUT2D eigenvalue weighted by molar-refractivity contribution is 0.272. The topological polar surface area (TPSA) is 108 Å². The van der Waals surface area contributed by atoms with Crippen LogP contribution in [0, 0.1) is 44.8 Å². The average Bonchev–Trinajstić information content (AvgIpc) is 3.16. The van der Waals surface area contributed by atoms with E-state index in [4.69, 9.17) is 42.1 Å². The number of nitrogens with zero attached hydrogens (tertiary/aromatic N) is 3. The Kier molecular flexibility index (Phi) is 14.7. The van der Waals surface area contributed by atoms with Crippen LogP contribution in [0.4, 0.5) is 0 Å². The molecule has 0 saturated carbocycles. The summed E-state index contributed by atoms with van der Waals surface area (Å²) in [5, 5.41) is 31.7. The average molecular weight is 927 g/mol. The van der Waals surface area contributed by atoms with Crippen LogP contribution in [0.15, 0.2) is 78.9 Å². The van der Waals surface area contributed by atoms with Gasteiger partial charge in [-0.1, -0.05) is 152 Å². The van der Waals surface area contributed by atoms with Crippen LogP contribution < -0.4 is 18.9 Å². The summed E-state index contributed by atoms with van der Waals surface area (Å²) in [5.41, 5.74) is 2.24. The summed E-state index contributed by atoms with van der Waals surface area (Å²) < 4.78 is 27.2. The SMILES string of the molecule is CC(C)(C)CC(C)(C)c1cc(Oc2cccc(Oc3cc(C(C)(C)C)c(Oc4cccc(Cl)c4C#N)cc3C(C)(C)C)c2C#N)c(C(C)(C)CC(C)(C)C)cc1Oc1cccc(Cl)c1C#N. The zero-order chi connectivity index (χ0) is 49.4. The third kappa shape index (κ3) is 12.0. The number of nitriles is 3. The lowest BCUT2D eigenvalue weighted by atomic mass is 9.69. The third-order valence-electron chi connectivity index (χ3n) is 11.3. The van der Waals surface area contributed by atoms with Gasteiger partial charge in [-0.05, 0) is 106 Å². The molecule has 0 aliphatic rings. The molecule has 0 fully saturated rings. The van der Waals surface area contributed by atoms with Gasteiger partial charge in [0.2, 0.25) is 0 Å². The van der Waals surface area contributed by atoms with Gasteiger partial charge >= 0.3 is 0 Å². The fourth-order valence-electron chi connectivity index (χ4n) is 9.19. The molecule has 0 aliphatic carbocycles. The summed E-state index contributed by atoms with van der Waals surface area (Å²) >= 11 is 12.9. The molecule has 0 aromatic heterocycles. The van der Waals surface area contributed by atoms with Crippen LogP contribution in [-0.2, 0) is 21.7 Å². The molecular formula is C57H65Cl2N3O4. The van der Waals surface area contributed by atoms with Gasteiger partial charge in [0.15, 0.2) is 0 Å². The van der Waals surface area contributed by atoms with Crippen molar-refractivity contribution in [2.75, 3.05) is 0 Å². The van der Waals surface area contributed by atoms with Crippen LogP contribution in [-0.4, -0.2) is 0 Å². The molecule has 0 N–H and O–H groups in total. The van der Waals surface area contributed by atoms with E-state index in [1.165, 1.54) is 0 Å². The Hall–Kier alpha value is -5.65. The Morgan fingerprint density at radius 3 is 0.909 bits per heavy atom. The van der Waals surface area contributed by atoms with E-state index >= 15 is 0 Å². The molecule has 0 saturated heterocycles. The van der Waals surface area contributed by atoms with Crippen molar-refractivity contribution in [3.63, 3.8) is 0 Å². The second-order valence-corrected chi connectivity index (χ2v) is 23.8. The van der Waals surface area contributed by atoms with Gasteiger partial charge in [-0.2, -0.15) is 15.8 Å². The predicted molar refractivity (Wildman–Crippen MR) is 268 cm³/mol. The summed E-state index contributed by atoms with van der Waals surface area (Å²) in [4.78, 5) is 0. The van der Waals surface area contributed by atoms with Crippen LogP contribution in [0.5, 0.6) is 46.0 Å². The van der Waals surface area contributed by atoms with Crippen LogP contribution in [0.1, 0.15) is 163 Å². The summed E-state index contributed by atoms with van der Waals surface area (Å²) in [6.45, 7) is 34.5. The second kappa shape index (κ2) is 18.9. The Balaban J connectivity index is 1.74. The zero-order valence-corrected chi connectivity index (χ0v) is 43.2. The van der Waals surface area contributed by atoms with Crippen molar-refractivity contribution in [1.29, 1.82) is 15.8 Å². The molecular weight excluding hydrogens is 862 g/mol. The van der Waals surface area contributed by atoms with Crippen molar-refractivity contribution in [2.24, 2.45) is 10.8 Å². The smallest absolute Gasteiger partial charge is 0.149 e. The molecule has 0 heterocycles. The predicted octanol–water partition coefficient (Wildman–Crippen LogP) is 17.8. The van der Waals surface area contributed by atoms with Gasteiger partial charge in [0.1, 0.15) is 80.9 Å². The highest BCUT2D eigenvalue weighted by Crippen LogP contribution is 2.51. The summed E-state index contributed by atoms with van der Waals surface area (Å²) in [7, 11) is 0. The van der Waals surface area contributed by atoms with Crippen LogP contribution >= 0.6 is 23.2 Å². The maximum Gasteiger partial charge on any atom is 0.149 e. The van der Waals surface area contributed by atoms with Crippen LogP contribution in [0.2, 0.25) is 10.0 Å². The van der Waals surface area contributed by atoms with Gasteiger partial charge < -0.3 is 18.9 Å². The molecule has 9 heteroatoms. The molecule has 5 aromatic carbocycles. The first-order valence-corrected chi connectivity index (χ1v) is 23.1. The fourth-order valence-corrected chi connectivity index (χ4v) is 9.61. The standard InChI is InChI=1S/C57H65Cl2N3O4/c1-52(2,3)33-56(13,14)40-29-51(41(57(15,16)34-53(4,5)6)28-50(40)64-45-23-18-21-43(59)36(45)31-61)66-47-25-19-24-46(37(47)32-62)65-49-27-38(54(7,8)9)48(26-39(49)55(10,11)12)63-44-22-17-20-42(58)35(44)30-60/h17-29H,33-34H2,1-16H3. The first kappa shape index (κ1) is 51.3. The summed E-state index contributed by atoms with van der Waals surface area (Å²) in [6.07, 6.45) is 1.58. The second-order valence-electron chi connectivity index (χ2n) is 23.0. The largest absolute Gasteiger partial charge is 0.456 e. The quantitative estimate of drug-likeness (QED) is 0.123. The molecule has 346 valence electrons. The number of rotatable bonds is 12. The van der Waals surface area contributed by atoms with Gasteiger partial charge in [-0.25, -0.2) is 0 Å². The van der Waals surface area contributed by atoms with E-state index in [1.807, 2.05) is 24.3 Å². The molecule has 5 rings (SSSR count). The van der Waals surface area contributed by atoms with Crippen molar-refractivity contribution < 1.29 is 18.9 Å². The Labute approximate surface area is 404 Å². The lowest BCUT2D eigenvalue weighted by Gasteiger charge is -2.37. The molecule has 0 radical (unpaired) electrons. The molecule has 7 nitrogen and oxygen atoms in total. The molecule has 0 spiro atoms. The highest BCUT2D eigenvalue weighted by atomic mass is 35.5. The van der Waals surface area contributed by atoms with Gasteiger partial charge in [-0.15, -0.1) is 0 Å². The van der Waals surface area contributed by atoms with E-state index in [0.717, 1.165) is 35.1 Å². The minimum Gasteiger partial charge on any atom is -0.456 e. The molecule has 0 bridgehead atoms. The number of halogens is 2. The number of ether oxygens (including phenoxy) is 4. The molecule has 66 heavy (non-hydrogen) atoms. The minimum atomic E-state index is -0.459. The van der Waals surface area contributed by atoms with Crippen molar-refractivity contribution in [3.8, 4) is 64.2 Å². The van der Waals surface area contributed by atoms with E-state index in [9.17, 15) is 15.8 Å². The van der Waals surface area contributed by atoms with Crippen molar-refractivity contribution in [3.05, 3.63) is 128 Å². The number of benzene rings is 5. The van der Waals surface area contributed by atoms with Crippen molar-refractivity contribution in [2.45, 2.75) is 145 Å². The van der Waals surface area contributed by atoms with Gasteiger partial charge in [0.05, 0.1) is 10.0 Å². The normalized spacial score (nSPS) is 12.5. The van der Waals surface area contributed by atoms with Crippen molar-refractivity contribution >= 4 is 23.2 Å². The first-order valence-electron chi connectivity index (χ1n) is 22.4. The molecule has 0 amide bonds. The van der Waals surface area contributed by atoms with Gasteiger partial charge in [-0.3, -0.25) is 0 Å². The van der Waals surface area contributed by atoms with Crippen molar-refractivity contribution in [1.82, 2.24) is 0 Å². The summed E-state index contributed by atoms with van der Waals surface area (Å²) in [5.74, 6) is 3.67. The third-order valence-corrected chi connectivity index (χ3v) is 12.0. The summed E-state index contributed by atoms with van der Waals surface area (Å²) in [6, 6.07) is 30.6. The lowest BCUT2D eigenvalue weighted by Crippen LogP contribution is -2.28. The number of hydrogen-bond acceptors (Lipinski definition) is 7. The highest BCUT2D eigenvalue weighted by Gasteiger charge is 2.37. The fraction of sp³-hybridized carbons (Fsp3) is 0.421. The van der Waals surface area contributed by atoms with E-state index in [0.29, 0.717) is 56.0 Å². The highest BCUT2D eigenvalue weighted by molar-refractivity contribution is 6.32. The van der Waals surface area contributed by atoms with E-state index in [2.05, 4.69) is 135 Å². The maximum atomic E-state index is 11.0. The Morgan fingerprint density at radius 1 is 0.379 bits per heavy atom. The molecule has 0 aliphatic heterocycles.